The molecular formula is C16H22N2O2. The van der Waals surface area contributed by atoms with Crippen LogP contribution in [-0.2, 0) is 9.53 Å². The van der Waals surface area contributed by atoms with Crippen molar-refractivity contribution in [1.29, 1.82) is 0 Å². The SMILES string of the molecule is Cc1ccc(NC(=O)COC(C)(C)C)cc1C#CCN. The van der Waals surface area contributed by atoms with Crippen molar-refractivity contribution in [2.75, 3.05) is 18.5 Å². The Bertz CT molecular complexity index is 534. The zero-order valence-corrected chi connectivity index (χ0v) is 12.5. The summed E-state index contributed by atoms with van der Waals surface area (Å²) in [4.78, 5) is 11.8. The second-order valence-electron chi connectivity index (χ2n) is 5.48. The average molecular weight is 274 g/mol. The van der Waals surface area contributed by atoms with Crippen LogP contribution in [0.5, 0.6) is 0 Å². The fourth-order valence-electron chi connectivity index (χ4n) is 1.46. The normalized spacial score (nSPS) is 10.7. The minimum absolute atomic E-state index is 0.0290. The van der Waals surface area contributed by atoms with Crippen molar-refractivity contribution in [3.05, 3.63) is 29.3 Å². The van der Waals surface area contributed by atoms with Gasteiger partial charge in [0.1, 0.15) is 6.61 Å². The molecule has 1 rings (SSSR count). The first kappa shape index (κ1) is 16.2. The summed E-state index contributed by atoms with van der Waals surface area (Å²) in [6, 6.07) is 5.60. The molecule has 1 aromatic rings. The number of aryl methyl sites for hydroxylation is 1. The average Bonchev–Trinajstić information content (AvgIpc) is 2.36. The van der Waals surface area contributed by atoms with Crippen molar-refractivity contribution >= 4 is 11.6 Å². The molecule has 0 radical (unpaired) electrons. The maximum absolute atomic E-state index is 11.8. The maximum atomic E-state index is 11.8. The molecule has 0 atom stereocenters. The summed E-state index contributed by atoms with van der Waals surface area (Å²) in [7, 11) is 0. The van der Waals surface area contributed by atoms with Crippen LogP contribution in [0.2, 0.25) is 0 Å². The Kier molecular flexibility index (Phi) is 5.75. The van der Waals surface area contributed by atoms with E-state index in [0.29, 0.717) is 12.2 Å². The molecule has 0 saturated heterocycles. The molecule has 4 heteroatoms. The third kappa shape index (κ3) is 5.87. The number of hydrogen-bond acceptors (Lipinski definition) is 3. The summed E-state index contributed by atoms with van der Waals surface area (Å²) < 4.78 is 5.43. The molecule has 0 heterocycles. The van der Waals surface area contributed by atoms with E-state index in [4.69, 9.17) is 10.5 Å². The van der Waals surface area contributed by atoms with Crippen LogP contribution in [0.1, 0.15) is 31.9 Å². The molecule has 1 amide bonds. The second kappa shape index (κ2) is 7.09. The van der Waals surface area contributed by atoms with Gasteiger partial charge in [0.05, 0.1) is 12.1 Å². The van der Waals surface area contributed by atoms with Crippen molar-refractivity contribution < 1.29 is 9.53 Å². The van der Waals surface area contributed by atoms with E-state index in [1.807, 2.05) is 45.9 Å². The highest BCUT2D eigenvalue weighted by molar-refractivity contribution is 5.91. The van der Waals surface area contributed by atoms with Gasteiger partial charge < -0.3 is 15.8 Å². The van der Waals surface area contributed by atoms with E-state index in [-0.39, 0.29) is 18.1 Å². The van der Waals surface area contributed by atoms with Crippen molar-refractivity contribution in [1.82, 2.24) is 0 Å². The molecule has 0 fully saturated rings. The van der Waals surface area contributed by atoms with Gasteiger partial charge in [-0.1, -0.05) is 17.9 Å². The molecule has 0 bridgehead atoms. The first-order valence-corrected chi connectivity index (χ1v) is 6.55. The van der Waals surface area contributed by atoms with Crippen LogP contribution in [0, 0.1) is 18.8 Å². The van der Waals surface area contributed by atoms with Crippen LogP contribution >= 0.6 is 0 Å². The van der Waals surface area contributed by atoms with Gasteiger partial charge in [-0.25, -0.2) is 0 Å². The van der Waals surface area contributed by atoms with Crippen LogP contribution in [0.4, 0.5) is 5.69 Å². The number of carbonyl (C=O) groups is 1. The van der Waals surface area contributed by atoms with Gasteiger partial charge in [0, 0.05) is 11.3 Å². The molecule has 3 N–H and O–H groups in total. The third-order valence-corrected chi connectivity index (χ3v) is 2.48. The summed E-state index contributed by atoms with van der Waals surface area (Å²) in [5.41, 5.74) is 7.66. The molecule has 108 valence electrons. The highest BCUT2D eigenvalue weighted by atomic mass is 16.5. The monoisotopic (exact) mass is 274 g/mol. The van der Waals surface area contributed by atoms with Gasteiger partial charge in [-0.15, -0.1) is 0 Å². The van der Waals surface area contributed by atoms with E-state index in [0.717, 1.165) is 11.1 Å². The van der Waals surface area contributed by atoms with E-state index in [1.165, 1.54) is 0 Å². The molecule has 0 aliphatic heterocycles. The quantitative estimate of drug-likeness (QED) is 0.829. The zero-order valence-electron chi connectivity index (χ0n) is 12.5. The molecule has 0 aromatic heterocycles. The Morgan fingerprint density at radius 3 is 2.70 bits per heavy atom. The number of ether oxygens (including phenoxy) is 1. The summed E-state index contributed by atoms with van der Waals surface area (Å²) in [5.74, 6) is 5.62. The predicted molar refractivity (Wildman–Crippen MR) is 81.4 cm³/mol. The lowest BCUT2D eigenvalue weighted by molar-refractivity contribution is -0.125. The summed E-state index contributed by atoms with van der Waals surface area (Å²) in [5, 5.41) is 2.80. The first-order chi connectivity index (χ1) is 9.31. The van der Waals surface area contributed by atoms with Crippen molar-refractivity contribution in [3.63, 3.8) is 0 Å². The molecule has 0 aliphatic carbocycles. The van der Waals surface area contributed by atoms with Crippen LogP contribution in [-0.4, -0.2) is 24.7 Å². The maximum Gasteiger partial charge on any atom is 0.250 e. The number of carbonyl (C=O) groups excluding carboxylic acids is 1. The minimum atomic E-state index is -0.331. The van der Waals surface area contributed by atoms with Crippen LogP contribution in [0.25, 0.3) is 0 Å². The Labute approximate surface area is 120 Å². The van der Waals surface area contributed by atoms with Gasteiger partial charge in [0.15, 0.2) is 0 Å². The summed E-state index contributed by atoms with van der Waals surface area (Å²) >= 11 is 0. The Morgan fingerprint density at radius 1 is 1.40 bits per heavy atom. The number of nitrogens with one attached hydrogen (secondary N) is 1. The molecule has 1 aromatic carbocycles. The standard InChI is InChI=1S/C16H22N2O2/c1-12-7-8-14(10-13(12)6-5-9-17)18-15(19)11-20-16(2,3)4/h7-8,10H,9,11,17H2,1-4H3,(H,18,19). The van der Waals surface area contributed by atoms with Crippen LogP contribution in [0.15, 0.2) is 18.2 Å². The smallest absolute Gasteiger partial charge is 0.250 e. The fourth-order valence-corrected chi connectivity index (χ4v) is 1.46. The lowest BCUT2D eigenvalue weighted by atomic mass is 10.1. The van der Waals surface area contributed by atoms with Gasteiger partial charge >= 0.3 is 0 Å². The lowest BCUT2D eigenvalue weighted by Gasteiger charge is -2.19. The van der Waals surface area contributed by atoms with E-state index < -0.39 is 0 Å². The van der Waals surface area contributed by atoms with Gasteiger partial charge in [0.2, 0.25) is 5.91 Å². The molecule has 0 spiro atoms. The van der Waals surface area contributed by atoms with E-state index in [9.17, 15) is 4.79 Å². The highest BCUT2D eigenvalue weighted by Crippen LogP contribution is 2.15. The van der Waals surface area contributed by atoms with Crippen LogP contribution < -0.4 is 11.1 Å². The van der Waals surface area contributed by atoms with Crippen molar-refractivity contribution in [3.8, 4) is 11.8 Å². The molecule has 4 nitrogen and oxygen atoms in total. The number of hydrogen-bond donors (Lipinski definition) is 2. The minimum Gasteiger partial charge on any atom is -0.366 e. The number of anilines is 1. The Balaban J connectivity index is 2.71. The largest absolute Gasteiger partial charge is 0.366 e. The fraction of sp³-hybridized carbons (Fsp3) is 0.438. The molecular weight excluding hydrogens is 252 g/mol. The molecule has 0 unspecified atom stereocenters. The number of rotatable bonds is 3. The van der Waals surface area contributed by atoms with Gasteiger partial charge in [0.25, 0.3) is 0 Å². The van der Waals surface area contributed by atoms with E-state index in [2.05, 4.69) is 17.2 Å². The van der Waals surface area contributed by atoms with Gasteiger partial charge in [-0.05, 0) is 45.4 Å². The lowest BCUT2D eigenvalue weighted by Crippen LogP contribution is -2.27. The van der Waals surface area contributed by atoms with E-state index in [1.54, 1.807) is 0 Å². The van der Waals surface area contributed by atoms with Gasteiger partial charge in [-0.2, -0.15) is 0 Å². The molecule has 20 heavy (non-hydrogen) atoms. The Morgan fingerprint density at radius 2 is 2.10 bits per heavy atom. The Hall–Kier alpha value is -1.83. The third-order valence-electron chi connectivity index (χ3n) is 2.48. The zero-order chi connectivity index (χ0) is 15.2. The summed E-state index contributed by atoms with van der Waals surface area (Å²) in [6.45, 7) is 8.04. The van der Waals surface area contributed by atoms with Crippen molar-refractivity contribution in [2.45, 2.75) is 33.3 Å². The second-order valence-corrected chi connectivity index (χ2v) is 5.48. The molecule has 0 aliphatic rings. The van der Waals surface area contributed by atoms with E-state index >= 15 is 0 Å². The number of nitrogens with two attached hydrogens (primary N) is 1. The number of benzene rings is 1. The summed E-state index contributed by atoms with van der Waals surface area (Å²) in [6.07, 6.45) is 0. The highest BCUT2D eigenvalue weighted by Gasteiger charge is 2.13. The van der Waals surface area contributed by atoms with Gasteiger partial charge in [-0.3, -0.25) is 4.79 Å². The predicted octanol–water partition coefficient (Wildman–Crippen LogP) is 2.06. The van der Waals surface area contributed by atoms with Crippen molar-refractivity contribution in [2.24, 2.45) is 5.73 Å². The molecule has 0 saturated carbocycles. The number of amides is 1. The topological polar surface area (TPSA) is 64.3 Å². The van der Waals surface area contributed by atoms with Crippen LogP contribution in [0.3, 0.4) is 0 Å². The first-order valence-electron chi connectivity index (χ1n) is 6.55.